The van der Waals surface area contributed by atoms with Gasteiger partial charge in [0.25, 0.3) is 5.91 Å². The summed E-state index contributed by atoms with van der Waals surface area (Å²) in [7, 11) is 0. The number of aromatic nitrogens is 2. The van der Waals surface area contributed by atoms with Crippen LogP contribution in [0.3, 0.4) is 0 Å². The number of primary amides is 1. The van der Waals surface area contributed by atoms with E-state index in [1.54, 1.807) is 0 Å². The van der Waals surface area contributed by atoms with Gasteiger partial charge in [0.05, 0.1) is 6.20 Å². The van der Waals surface area contributed by atoms with E-state index in [4.69, 9.17) is 0 Å². The average molecular weight is 179 g/mol. The van der Waals surface area contributed by atoms with Gasteiger partial charge >= 0.3 is 6.18 Å². The molecule has 0 fully saturated rings. The predicted octanol–water partition coefficient (Wildman–Crippen LogP) is 0.527. The molecule has 0 aliphatic heterocycles. The Labute approximate surface area is 64.6 Å². The molecule has 0 unspecified atom stereocenters. The number of nitrogens with zero attached hydrogens (tertiary/aromatic N) is 1. The molecule has 66 valence electrons. The van der Waals surface area contributed by atoms with Crippen molar-refractivity contribution in [2.45, 2.75) is 6.18 Å². The van der Waals surface area contributed by atoms with Crippen molar-refractivity contribution in [2.24, 2.45) is 5.73 Å². The summed E-state index contributed by atoms with van der Waals surface area (Å²) in [5, 5.41) is 4.93. The van der Waals surface area contributed by atoms with E-state index in [0.717, 1.165) is 0 Å². The third kappa shape index (κ3) is 1.39. The number of hydrogen-bond donors (Lipinski definition) is 2. The molecule has 0 saturated carbocycles. The summed E-state index contributed by atoms with van der Waals surface area (Å²) < 4.78 is 35.9. The van der Waals surface area contributed by atoms with E-state index in [1.807, 2.05) is 5.10 Å². The lowest BCUT2D eigenvalue weighted by Crippen LogP contribution is -2.17. The molecule has 1 aromatic heterocycles. The number of hydrogen-bond acceptors (Lipinski definition) is 2. The molecule has 1 aromatic rings. The molecule has 0 radical (unpaired) electrons. The molecule has 1 heterocycles. The maximum atomic E-state index is 12.0. The van der Waals surface area contributed by atoms with Gasteiger partial charge < -0.3 is 5.73 Å². The van der Waals surface area contributed by atoms with Crippen molar-refractivity contribution >= 4 is 5.91 Å². The van der Waals surface area contributed by atoms with Crippen molar-refractivity contribution in [3.05, 3.63) is 17.5 Å². The van der Waals surface area contributed by atoms with Gasteiger partial charge in [-0.25, -0.2) is 0 Å². The zero-order valence-electron chi connectivity index (χ0n) is 5.64. The number of aromatic amines is 1. The molecule has 0 atom stereocenters. The number of carbonyl (C=O) groups is 1. The summed E-state index contributed by atoms with van der Waals surface area (Å²) >= 11 is 0. The minimum absolute atomic E-state index is 0.514. The first-order valence-electron chi connectivity index (χ1n) is 2.83. The number of rotatable bonds is 1. The van der Waals surface area contributed by atoms with Crippen LogP contribution in [0.5, 0.6) is 0 Å². The Morgan fingerprint density at radius 1 is 1.58 bits per heavy atom. The van der Waals surface area contributed by atoms with E-state index in [9.17, 15) is 18.0 Å². The number of H-pyrrole nitrogens is 1. The molecule has 0 aromatic carbocycles. The van der Waals surface area contributed by atoms with Crippen LogP contribution in [0.25, 0.3) is 0 Å². The number of carbonyl (C=O) groups excluding carboxylic acids is 1. The van der Waals surface area contributed by atoms with E-state index in [-0.39, 0.29) is 0 Å². The SMILES string of the molecule is NC(=O)c1[nH]ncc1C(F)(F)F. The normalized spacial score (nSPS) is 11.6. The van der Waals surface area contributed by atoms with Crippen molar-refractivity contribution in [3.63, 3.8) is 0 Å². The molecular formula is C5H4F3N3O. The van der Waals surface area contributed by atoms with E-state index in [1.165, 1.54) is 0 Å². The molecule has 12 heavy (non-hydrogen) atoms. The van der Waals surface area contributed by atoms with Gasteiger partial charge in [0.2, 0.25) is 0 Å². The number of amides is 1. The van der Waals surface area contributed by atoms with Gasteiger partial charge in [0.15, 0.2) is 0 Å². The lowest BCUT2D eigenvalue weighted by atomic mass is 10.2. The molecule has 7 heteroatoms. The standard InChI is InChI=1S/C5H4F3N3O/c6-5(7,8)2-1-10-11-3(2)4(9)12/h1H,(H2,9,12)(H,10,11). The van der Waals surface area contributed by atoms with Gasteiger partial charge in [0.1, 0.15) is 11.3 Å². The second kappa shape index (κ2) is 2.50. The van der Waals surface area contributed by atoms with Crippen molar-refractivity contribution in [2.75, 3.05) is 0 Å². The summed E-state index contributed by atoms with van der Waals surface area (Å²) in [5.41, 5.74) is 2.78. The molecule has 0 aliphatic carbocycles. The summed E-state index contributed by atoms with van der Waals surface area (Å²) in [6.07, 6.45) is -4.09. The molecule has 0 spiro atoms. The third-order valence-corrected chi connectivity index (χ3v) is 1.19. The van der Waals surface area contributed by atoms with Crippen LogP contribution in [0, 0.1) is 0 Å². The van der Waals surface area contributed by atoms with Gasteiger partial charge in [-0.1, -0.05) is 0 Å². The Balaban J connectivity index is 3.17. The highest BCUT2D eigenvalue weighted by atomic mass is 19.4. The third-order valence-electron chi connectivity index (χ3n) is 1.19. The Kier molecular flexibility index (Phi) is 1.79. The van der Waals surface area contributed by atoms with E-state index in [0.29, 0.717) is 6.20 Å². The van der Waals surface area contributed by atoms with Crippen molar-refractivity contribution in [1.82, 2.24) is 10.2 Å². The minimum atomic E-state index is -4.60. The summed E-state index contributed by atoms with van der Waals surface area (Å²) in [6, 6.07) is 0. The quantitative estimate of drug-likeness (QED) is 0.659. The van der Waals surface area contributed by atoms with Crippen LogP contribution in [0.2, 0.25) is 0 Å². The predicted molar refractivity (Wildman–Crippen MR) is 32.1 cm³/mol. The van der Waals surface area contributed by atoms with Crippen LogP contribution >= 0.6 is 0 Å². The first-order chi connectivity index (χ1) is 5.43. The lowest BCUT2D eigenvalue weighted by Gasteiger charge is -2.03. The zero-order valence-corrected chi connectivity index (χ0v) is 5.64. The molecular weight excluding hydrogens is 175 g/mol. The summed E-state index contributed by atoms with van der Waals surface area (Å²) in [6.45, 7) is 0. The fourth-order valence-corrected chi connectivity index (χ4v) is 0.689. The van der Waals surface area contributed by atoms with Crippen molar-refractivity contribution in [1.29, 1.82) is 0 Å². The zero-order chi connectivity index (χ0) is 9.35. The highest BCUT2D eigenvalue weighted by Crippen LogP contribution is 2.30. The average Bonchev–Trinajstić information content (AvgIpc) is 2.30. The first kappa shape index (κ1) is 8.57. The number of nitrogens with two attached hydrogens (primary N) is 1. The summed E-state index contributed by atoms with van der Waals surface area (Å²) in [5.74, 6) is -1.18. The lowest BCUT2D eigenvalue weighted by molar-refractivity contribution is -0.137. The molecule has 3 N–H and O–H groups in total. The van der Waals surface area contributed by atoms with Gasteiger partial charge in [-0.2, -0.15) is 18.3 Å². The fourth-order valence-electron chi connectivity index (χ4n) is 0.689. The number of halogens is 3. The van der Waals surface area contributed by atoms with Crippen LogP contribution in [0.1, 0.15) is 16.1 Å². The molecule has 0 saturated heterocycles. The van der Waals surface area contributed by atoms with Crippen LogP contribution in [-0.4, -0.2) is 16.1 Å². The molecule has 1 rings (SSSR count). The topological polar surface area (TPSA) is 71.8 Å². The number of alkyl halides is 3. The monoisotopic (exact) mass is 179 g/mol. The smallest absolute Gasteiger partial charge is 0.364 e. The molecule has 0 aliphatic rings. The Morgan fingerprint density at radius 2 is 2.17 bits per heavy atom. The van der Waals surface area contributed by atoms with Gasteiger partial charge in [-0.05, 0) is 0 Å². The van der Waals surface area contributed by atoms with E-state index in [2.05, 4.69) is 10.8 Å². The van der Waals surface area contributed by atoms with Gasteiger partial charge in [-0.15, -0.1) is 0 Å². The first-order valence-corrected chi connectivity index (χ1v) is 2.83. The van der Waals surface area contributed by atoms with Crippen molar-refractivity contribution < 1.29 is 18.0 Å². The van der Waals surface area contributed by atoms with E-state index < -0.39 is 23.3 Å². The van der Waals surface area contributed by atoms with Crippen LogP contribution < -0.4 is 5.73 Å². The van der Waals surface area contributed by atoms with Gasteiger partial charge in [-0.3, -0.25) is 9.89 Å². The molecule has 1 amide bonds. The minimum Gasteiger partial charge on any atom is -0.364 e. The summed E-state index contributed by atoms with van der Waals surface area (Å²) in [4.78, 5) is 10.4. The fraction of sp³-hybridized carbons (Fsp3) is 0.200. The Hall–Kier alpha value is -1.53. The highest BCUT2D eigenvalue weighted by molar-refractivity contribution is 5.92. The van der Waals surface area contributed by atoms with Gasteiger partial charge in [0, 0.05) is 0 Å². The van der Waals surface area contributed by atoms with Crippen LogP contribution in [0.15, 0.2) is 6.20 Å². The Morgan fingerprint density at radius 3 is 2.50 bits per heavy atom. The Bertz CT molecular complexity index is 303. The van der Waals surface area contributed by atoms with E-state index >= 15 is 0 Å². The highest BCUT2D eigenvalue weighted by Gasteiger charge is 2.36. The maximum Gasteiger partial charge on any atom is 0.420 e. The van der Waals surface area contributed by atoms with Crippen LogP contribution in [0.4, 0.5) is 13.2 Å². The number of nitrogens with one attached hydrogen (secondary N) is 1. The molecule has 4 nitrogen and oxygen atoms in total. The second-order valence-electron chi connectivity index (χ2n) is 2.02. The molecule has 0 bridgehead atoms. The largest absolute Gasteiger partial charge is 0.420 e. The van der Waals surface area contributed by atoms with Crippen LogP contribution in [-0.2, 0) is 6.18 Å². The second-order valence-corrected chi connectivity index (χ2v) is 2.02. The maximum absolute atomic E-state index is 12.0. The van der Waals surface area contributed by atoms with Crippen molar-refractivity contribution in [3.8, 4) is 0 Å².